The normalized spacial score (nSPS) is 12.7. The first kappa shape index (κ1) is 18.0. The smallest absolute Gasteiger partial charge is 0.261 e. The fourth-order valence-corrected chi connectivity index (χ4v) is 3.56. The molecule has 0 saturated carbocycles. The molecule has 0 spiro atoms. The predicted octanol–water partition coefficient (Wildman–Crippen LogP) is 4.23. The van der Waals surface area contributed by atoms with Gasteiger partial charge in [-0.15, -0.1) is 0 Å². The second-order valence-corrected chi connectivity index (χ2v) is 6.96. The predicted molar refractivity (Wildman–Crippen MR) is 115 cm³/mol. The lowest BCUT2D eigenvalue weighted by molar-refractivity contribution is 0.174. The van der Waals surface area contributed by atoms with Crippen LogP contribution in [0.5, 0.6) is 17.4 Å². The molecule has 1 aliphatic heterocycles. The second kappa shape index (κ2) is 7.40. The summed E-state index contributed by atoms with van der Waals surface area (Å²) < 4.78 is 12.1. The highest BCUT2D eigenvalue weighted by Gasteiger charge is 2.17. The molecular weight excluding hydrogens is 380 g/mol. The molecule has 148 valence electrons. The minimum atomic E-state index is -0.266. The van der Waals surface area contributed by atoms with E-state index < -0.39 is 0 Å². The molecule has 4 aromatic rings. The number of ether oxygens (including phenoxy) is 2. The van der Waals surface area contributed by atoms with Crippen molar-refractivity contribution in [3.63, 3.8) is 0 Å². The average Bonchev–Trinajstić information content (AvgIpc) is 3.25. The Bertz CT molecular complexity index is 1330. The van der Waals surface area contributed by atoms with Gasteiger partial charge in [0, 0.05) is 17.0 Å². The van der Waals surface area contributed by atoms with Gasteiger partial charge in [-0.3, -0.25) is 14.4 Å². The topological polar surface area (TPSA) is 73.0 Å². The van der Waals surface area contributed by atoms with E-state index in [1.165, 1.54) is 4.57 Å². The maximum atomic E-state index is 13.1. The summed E-state index contributed by atoms with van der Waals surface area (Å²) >= 11 is 0. The number of nitrogens with zero attached hydrogens (tertiary/aromatic N) is 2. The van der Waals surface area contributed by atoms with E-state index in [9.17, 15) is 9.90 Å². The first-order valence-corrected chi connectivity index (χ1v) is 9.53. The van der Waals surface area contributed by atoms with E-state index in [1.807, 2.05) is 60.7 Å². The van der Waals surface area contributed by atoms with E-state index in [4.69, 9.17) is 9.47 Å². The van der Waals surface area contributed by atoms with Gasteiger partial charge in [-0.1, -0.05) is 42.5 Å². The summed E-state index contributed by atoms with van der Waals surface area (Å²) in [5.41, 5.74) is 1.81. The minimum Gasteiger partial charge on any atom is -0.494 e. The molecular formula is C24H18N2O4. The number of aromatic hydroxyl groups is 1. The van der Waals surface area contributed by atoms with Crippen LogP contribution in [0.1, 0.15) is 11.1 Å². The van der Waals surface area contributed by atoms with Crippen LogP contribution >= 0.6 is 0 Å². The lowest BCUT2D eigenvalue weighted by Crippen LogP contribution is -2.22. The Labute approximate surface area is 172 Å². The SMILES string of the molecule is O=c1c2ccccc2c(C=Nc2ccccc2)c(O)n1Cc1ccc2c(c1)OCO2. The zero-order chi connectivity index (χ0) is 20.5. The molecule has 1 aliphatic rings. The third-order valence-electron chi connectivity index (χ3n) is 5.07. The monoisotopic (exact) mass is 398 g/mol. The van der Waals surface area contributed by atoms with Gasteiger partial charge in [-0.25, -0.2) is 0 Å². The summed E-state index contributed by atoms with van der Waals surface area (Å²) in [6, 6.07) is 22.1. The quantitative estimate of drug-likeness (QED) is 0.522. The molecule has 1 aromatic heterocycles. The Morgan fingerprint density at radius 3 is 2.50 bits per heavy atom. The molecule has 3 aromatic carbocycles. The van der Waals surface area contributed by atoms with Crippen LogP contribution in [0, 0.1) is 0 Å². The van der Waals surface area contributed by atoms with E-state index in [2.05, 4.69) is 4.99 Å². The van der Waals surface area contributed by atoms with Crippen LogP contribution in [0.4, 0.5) is 5.69 Å². The van der Waals surface area contributed by atoms with Crippen molar-refractivity contribution in [3.8, 4) is 17.4 Å². The van der Waals surface area contributed by atoms with Crippen LogP contribution in [-0.2, 0) is 6.54 Å². The summed E-state index contributed by atoms with van der Waals surface area (Å²) in [6.45, 7) is 0.373. The van der Waals surface area contributed by atoms with Gasteiger partial charge < -0.3 is 14.6 Å². The van der Waals surface area contributed by atoms with Gasteiger partial charge in [0.05, 0.1) is 17.8 Å². The summed E-state index contributed by atoms with van der Waals surface area (Å²) in [5, 5.41) is 12.2. The highest BCUT2D eigenvalue weighted by atomic mass is 16.7. The number of fused-ring (bicyclic) bond motifs is 2. The van der Waals surface area contributed by atoms with Crippen LogP contribution in [0.3, 0.4) is 0 Å². The van der Waals surface area contributed by atoms with Gasteiger partial charge in [0.1, 0.15) is 0 Å². The van der Waals surface area contributed by atoms with Crippen LogP contribution in [-0.4, -0.2) is 22.7 Å². The van der Waals surface area contributed by atoms with Crippen molar-refractivity contribution in [2.75, 3.05) is 6.79 Å². The van der Waals surface area contributed by atoms with Crippen molar-refractivity contribution in [3.05, 3.63) is 94.3 Å². The summed E-state index contributed by atoms with van der Waals surface area (Å²) in [5.74, 6) is 1.17. The molecule has 2 heterocycles. The number of hydrogen-bond acceptors (Lipinski definition) is 5. The van der Waals surface area contributed by atoms with Crippen molar-refractivity contribution in [1.82, 2.24) is 4.57 Å². The Hall–Kier alpha value is -4.06. The number of para-hydroxylation sites is 1. The molecule has 1 N–H and O–H groups in total. The van der Waals surface area contributed by atoms with Crippen molar-refractivity contribution in [2.24, 2.45) is 4.99 Å². The van der Waals surface area contributed by atoms with E-state index >= 15 is 0 Å². The molecule has 0 bridgehead atoms. The van der Waals surface area contributed by atoms with Crippen molar-refractivity contribution in [1.29, 1.82) is 0 Å². The zero-order valence-corrected chi connectivity index (χ0v) is 16.0. The van der Waals surface area contributed by atoms with Gasteiger partial charge in [-0.05, 0) is 35.9 Å². The molecule has 0 amide bonds. The highest BCUT2D eigenvalue weighted by Crippen LogP contribution is 2.33. The van der Waals surface area contributed by atoms with Gasteiger partial charge in [0.15, 0.2) is 11.5 Å². The first-order chi connectivity index (χ1) is 14.7. The fraction of sp³-hybridized carbons (Fsp3) is 0.0833. The van der Waals surface area contributed by atoms with Crippen molar-refractivity contribution >= 4 is 22.7 Å². The Morgan fingerprint density at radius 1 is 0.933 bits per heavy atom. The van der Waals surface area contributed by atoms with Gasteiger partial charge in [0.2, 0.25) is 12.7 Å². The van der Waals surface area contributed by atoms with Crippen molar-refractivity contribution in [2.45, 2.75) is 6.54 Å². The number of rotatable bonds is 4. The number of pyridine rings is 1. The average molecular weight is 398 g/mol. The zero-order valence-electron chi connectivity index (χ0n) is 16.0. The molecule has 0 radical (unpaired) electrons. The lowest BCUT2D eigenvalue weighted by atomic mass is 10.1. The van der Waals surface area contributed by atoms with Gasteiger partial charge >= 0.3 is 0 Å². The third kappa shape index (κ3) is 3.18. The Morgan fingerprint density at radius 2 is 1.67 bits per heavy atom. The van der Waals surface area contributed by atoms with E-state index in [0.717, 1.165) is 11.3 Å². The molecule has 0 atom stereocenters. The number of benzene rings is 3. The summed E-state index contributed by atoms with van der Waals surface area (Å²) in [7, 11) is 0. The molecule has 5 rings (SSSR count). The summed E-state index contributed by atoms with van der Waals surface area (Å²) in [6.07, 6.45) is 1.60. The van der Waals surface area contributed by atoms with Crippen LogP contribution < -0.4 is 15.0 Å². The van der Waals surface area contributed by atoms with E-state index in [0.29, 0.717) is 27.8 Å². The van der Waals surface area contributed by atoms with Gasteiger partial charge in [-0.2, -0.15) is 0 Å². The largest absolute Gasteiger partial charge is 0.494 e. The number of aromatic nitrogens is 1. The van der Waals surface area contributed by atoms with Crippen LogP contribution in [0.25, 0.3) is 10.8 Å². The Balaban J connectivity index is 1.63. The molecule has 6 heteroatoms. The van der Waals surface area contributed by atoms with Gasteiger partial charge in [0.25, 0.3) is 5.56 Å². The standard InChI is InChI=1S/C24H18N2O4/c27-23-19-9-5-4-8-18(19)20(13-25-17-6-2-1-3-7-17)24(28)26(23)14-16-10-11-21-22(12-16)30-15-29-21/h1-13,28H,14-15H2. The first-order valence-electron chi connectivity index (χ1n) is 9.53. The second-order valence-electron chi connectivity index (χ2n) is 6.96. The van der Waals surface area contributed by atoms with E-state index in [1.54, 1.807) is 18.3 Å². The molecule has 6 nitrogen and oxygen atoms in total. The third-order valence-corrected chi connectivity index (χ3v) is 5.07. The molecule has 0 saturated heterocycles. The maximum Gasteiger partial charge on any atom is 0.261 e. The van der Waals surface area contributed by atoms with E-state index in [-0.39, 0.29) is 24.8 Å². The molecule has 30 heavy (non-hydrogen) atoms. The number of aliphatic imine (C=N–C) groups is 1. The highest BCUT2D eigenvalue weighted by molar-refractivity contribution is 6.02. The molecule has 0 fully saturated rings. The Kier molecular flexibility index (Phi) is 4.44. The van der Waals surface area contributed by atoms with Crippen molar-refractivity contribution < 1.29 is 14.6 Å². The molecule has 0 aliphatic carbocycles. The molecule has 0 unspecified atom stereocenters. The van der Waals surface area contributed by atoms with Crippen LogP contribution in [0.2, 0.25) is 0 Å². The minimum absolute atomic E-state index is 0.129. The summed E-state index contributed by atoms with van der Waals surface area (Å²) in [4.78, 5) is 17.6. The maximum absolute atomic E-state index is 13.1. The van der Waals surface area contributed by atoms with Crippen LogP contribution in [0.15, 0.2) is 82.6 Å². The number of hydrogen-bond donors (Lipinski definition) is 1. The fourth-order valence-electron chi connectivity index (χ4n) is 3.56. The lowest BCUT2D eigenvalue weighted by Gasteiger charge is -2.14.